The van der Waals surface area contributed by atoms with Crippen molar-refractivity contribution in [2.45, 2.75) is 60.5 Å². The molecule has 1 atom stereocenters. The lowest BCUT2D eigenvalue weighted by atomic mass is 9.91. The minimum absolute atomic E-state index is 0.169. The summed E-state index contributed by atoms with van der Waals surface area (Å²) in [4.78, 5) is 13.9. The number of rotatable bonds is 8. The van der Waals surface area contributed by atoms with Crippen LogP contribution in [0, 0.1) is 26.7 Å². The Morgan fingerprint density at radius 2 is 1.71 bits per heavy atom. The van der Waals surface area contributed by atoms with Gasteiger partial charge in [0, 0.05) is 34.5 Å². The Labute approximate surface area is 201 Å². The summed E-state index contributed by atoms with van der Waals surface area (Å²) in [5.41, 5.74) is 7.02. The molecule has 6 nitrogen and oxygen atoms in total. The molecule has 0 fully saturated rings. The first-order chi connectivity index (χ1) is 16.4. The summed E-state index contributed by atoms with van der Waals surface area (Å²) in [5.74, 6) is 0.868. The van der Waals surface area contributed by atoms with E-state index in [2.05, 4.69) is 61.9 Å². The number of hydrogen-bond acceptors (Lipinski definition) is 5. The summed E-state index contributed by atoms with van der Waals surface area (Å²) in [5, 5.41) is 12.4. The minimum Gasteiger partial charge on any atom is -0.464 e. The molecule has 34 heavy (non-hydrogen) atoms. The van der Waals surface area contributed by atoms with Gasteiger partial charge < -0.3 is 9.84 Å². The van der Waals surface area contributed by atoms with E-state index in [1.165, 1.54) is 11.1 Å². The maximum absolute atomic E-state index is 11.4. The maximum atomic E-state index is 11.4. The molecule has 4 rings (SSSR count). The Morgan fingerprint density at radius 1 is 1.00 bits per heavy atom. The Kier molecular flexibility index (Phi) is 6.98. The monoisotopic (exact) mass is 458 g/mol. The number of aliphatic hydroxyl groups is 1. The van der Waals surface area contributed by atoms with Crippen LogP contribution >= 0.6 is 0 Å². The van der Waals surface area contributed by atoms with Crippen LogP contribution in [-0.2, 0) is 0 Å². The fourth-order valence-corrected chi connectivity index (χ4v) is 4.76. The fourth-order valence-electron chi connectivity index (χ4n) is 4.76. The van der Waals surface area contributed by atoms with Gasteiger partial charge >= 0.3 is 6.01 Å². The highest BCUT2D eigenvalue weighted by Crippen LogP contribution is 2.37. The van der Waals surface area contributed by atoms with Gasteiger partial charge in [0.15, 0.2) is 0 Å². The maximum Gasteiger partial charge on any atom is 0.318 e. The summed E-state index contributed by atoms with van der Waals surface area (Å²) in [7, 11) is 0. The zero-order chi connectivity index (χ0) is 24.4. The molecule has 1 aromatic carbocycles. The van der Waals surface area contributed by atoms with Crippen molar-refractivity contribution in [1.29, 1.82) is 0 Å². The number of fused-ring (bicyclic) bond motifs is 1. The van der Waals surface area contributed by atoms with Crippen LogP contribution in [0.4, 0.5) is 0 Å². The molecule has 0 radical (unpaired) electrons. The first-order valence-electron chi connectivity index (χ1n) is 12.1. The second kappa shape index (κ2) is 9.94. The molecule has 4 aromatic rings. The molecule has 3 aromatic heterocycles. The first-order valence-corrected chi connectivity index (χ1v) is 12.1. The summed E-state index contributed by atoms with van der Waals surface area (Å²) >= 11 is 0. The third kappa shape index (κ3) is 4.42. The van der Waals surface area contributed by atoms with E-state index < -0.39 is 6.10 Å². The van der Waals surface area contributed by atoms with Gasteiger partial charge in [0.25, 0.3) is 0 Å². The number of hydrogen-bond donors (Lipinski definition) is 1. The Bertz CT molecular complexity index is 1290. The number of aryl methyl sites for hydroxylation is 3. The SMILES string of the molecule is CCOc1nc(C)cc(-n2cc(C(O)C(CC)CC)c3cc(-c4c(C)cccc4C)ncc32)n1. The van der Waals surface area contributed by atoms with Crippen molar-refractivity contribution in [3.05, 3.63) is 65.1 Å². The van der Waals surface area contributed by atoms with E-state index in [0.29, 0.717) is 18.4 Å². The van der Waals surface area contributed by atoms with Gasteiger partial charge in [-0.1, -0.05) is 44.9 Å². The van der Waals surface area contributed by atoms with Crippen molar-refractivity contribution in [2.75, 3.05) is 6.61 Å². The molecule has 0 saturated carbocycles. The van der Waals surface area contributed by atoms with Crippen LogP contribution in [0.1, 0.15) is 62.1 Å². The Balaban J connectivity index is 1.97. The largest absolute Gasteiger partial charge is 0.464 e. The smallest absolute Gasteiger partial charge is 0.318 e. The van der Waals surface area contributed by atoms with E-state index in [4.69, 9.17) is 9.72 Å². The van der Waals surface area contributed by atoms with Crippen molar-refractivity contribution in [3.8, 4) is 23.1 Å². The number of pyridine rings is 1. The van der Waals surface area contributed by atoms with Gasteiger partial charge in [-0.3, -0.25) is 9.55 Å². The van der Waals surface area contributed by atoms with Gasteiger partial charge in [-0.2, -0.15) is 4.98 Å². The standard InChI is InChI=1S/C28H34N4O2/c1-7-20(8-2)27(33)22-16-32(25-13-19(6)30-28(31-25)34-9-3)24-15-29-23(14-21(22)24)26-17(4)11-10-12-18(26)5/h10-16,20,27,33H,7-9H2,1-6H3. The lowest BCUT2D eigenvalue weighted by Gasteiger charge is -2.19. The minimum atomic E-state index is -0.582. The number of aliphatic hydroxyl groups excluding tert-OH is 1. The van der Waals surface area contributed by atoms with Crippen molar-refractivity contribution < 1.29 is 9.84 Å². The highest BCUT2D eigenvalue weighted by molar-refractivity contribution is 5.89. The Morgan fingerprint density at radius 3 is 2.35 bits per heavy atom. The fraction of sp³-hybridized carbons (Fsp3) is 0.393. The zero-order valence-electron chi connectivity index (χ0n) is 21.0. The summed E-state index contributed by atoms with van der Waals surface area (Å²) in [6.07, 6.45) is 5.11. The predicted molar refractivity (Wildman–Crippen MR) is 137 cm³/mol. The highest BCUT2D eigenvalue weighted by atomic mass is 16.5. The zero-order valence-corrected chi connectivity index (χ0v) is 21.0. The summed E-state index contributed by atoms with van der Waals surface area (Å²) in [6, 6.07) is 10.7. The second-order valence-electron chi connectivity index (χ2n) is 8.91. The lowest BCUT2D eigenvalue weighted by Crippen LogP contribution is -2.10. The van der Waals surface area contributed by atoms with E-state index in [0.717, 1.165) is 46.3 Å². The molecule has 1 N–H and O–H groups in total. The summed E-state index contributed by atoms with van der Waals surface area (Å²) < 4.78 is 7.59. The third-order valence-corrected chi connectivity index (χ3v) is 6.61. The molecule has 0 spiro atoms. The molecule has 6 heteroatoms. The summed E-state index contributed by atoms with van der Waals surface area (Å²) in [6.45, 7) is 12.8. The molecule has 0 amide bonds. The number of benzene rings is 1. The van der Waals surface area contributed by atoms with Crippen molar-refractivity contribution in [1.82, 2.24) is 19.5 Å². The number of ether oxygens (including phenoxy) is 1. The van der Waals surface area contributed by atoms with Crippen LogP contribution < -0.4 is 4.74 Å². The van der Waals surface area contributed by atoms with Crippen LogP contribution in [0.25, 0.3) is 28.0 Å². The molecule has 3 heterocycles. The number of nitrogens with zero attached hydrogens (tertiary/aromatic N) is 4. The van der Waals surface area contributed by atoms with Gasteiger partial charge in [-0.05, 0) is 50.8 Å². The van der Waals surface area contributed by atoms with Gasteiger partial charge in [0.2, 0.25) is 0 Å². The van der Waals surface area contributed by atoms with Gasteiger partial charge in [-0.15, -0.1) is 0 Å². The second-order valence-corrected chi connectivity index (χ2v) is 8.91. The highest BCUT2D eigenvalue weighted by Gasteiger charge is 2.24. The van der Waals surface area contributed by atoms with Crippen LogP contribution in [-0.4, -0.2) is 31.2 Å². The number of aromatic nitrogens is 4. The van der Waals surface area contributed by atoms with Crippen LogP contribution in [0.3, 0.4) is 0 Å². The van der Waals surface area contributed by atoms with E-state index in [1.807, 2.05) is 36.9 Å². The molecule has 0 aliphatic heterocycles. The molecular weight excluding hydrogens is 424 g/mol. The quantitative estimate of drug-likeness (QED) is 0.337. The van der Waals surface area contributed by atoms with Crippen LogP contribution in [0.5, 0.6) is 6.01 Å². The third-order valence-electron chi connectivity index (χ3n) is 6.61. The van der Waals surface area contributed by atoms with E-state index >= 15 is 0 Å². The van der Waals surface area contributed by atoms with E-state index in [1.54, 1.807) is 0 Å². The van der Waals surface area contributed by atoms with Crippen LogP contribution in [0.15, 0.2) is 42.7 Å². The van der Waals surface area contributed by atoms with E-state index in [-0.39, 0.29) is 5.92 Å². The lowest BCUT2D eigenvalue weighted by molar-refractivity contribution is 0.104. The van der Waals surface area contributed by atoms with Gasteiger partial charge in [0.1, 0.15) is 5.82 Å². The van der Waals surface area contributed by atoms with Crippen molar-refractivity contribution in [2.24, 2.45) is 5.92 Å². The Hall–Kier alpha value is -3.25. The van der Waals surface area contributed by atoms with E-state index in [9.17, 15) is 5.11 Å². The van der Waals surface area contributed by atoms with Gasteiger partial charge in [-0.25, -0.2) is 4.98 Å². The molecule has 0 aliphatic carbocycles. The first kappa shape index (κ1) is 23.9. The predicted octanol–water partition coefficient (Wildman–Crippen LogP) is 6.28. The van der Waals surface area contributed by atoms with Crippen molar-refractivity contribution >= 4 is 10.9 Å². The average molecular weight is 459 g/mol. The molecule has 0 aliphatic rings. The topological polar surface area (TPSA) is 73.1 Å². The van der Waals surface area contributed by atoms with Crippen LogP contribution in [0.2, 0.25) is 0 Å². The molecule has 0 saturated heterocycles. The van der Waals surface area contributed by atoms with Gasteiger partial charge in [0.05, 0.1) is 30.1 Å². The average Bonchev–Trinajstić information content (AvgIpc) is 3.18. The molecule has 1 unspecified atom stereocenters. The normalized spacial score (nSPS) is 12.5. The van der Waals surface area contributed by atoms with Crippen molar-refractivity contribution in [3.63, 3.8) is 0 Å². The molecular formula is C28H34N4O2. The molecule has 0 bridgehead atoms. The molecule has 178 valence electrons.